The van der Waals surface area contributed by atoms with E-state index in [9.17, 15) is 9.18 Å². The Hall–Kier alpha value is -2.40. The number of carbonyl (C=O) groups excluding carboxylic acids is 1. The summed E-state index contributed by atoms with van der Waals surface area (Å²) in [4.78, 5) is 14.5. The molecule has 25 heavy (non-hydrogen) atoms. The number of urea groups is 1. The molecule has 1 fully saturated rings. The minimum absolute atomic E-state index is 0.127. The molecule has 0 spiro atoms. The van der Waals surface area contributed by atoms with E-state index in [0.29, 0.717) is 22.7 Å². The van der Waals surface area contributed by atoms with Crippen molar-refractivity contribution >= 4 is 23.3 Å². The lowest BCUT2D eigenvalue weighted by Gasteiger charge is -2.35. The molecule has 128 valence electrons. The summed E-state index contributed by atoms with van der Waals surface area (Å²) in [6.07, 6.45) is 1.47. The van der Waals surface area contributed by atoms with Crippen LogP contribution in [0.15, 0.2) is 53.6 Å². The van der Waals surface area contributed by atoms with Crippen LogP contribution in [0.1, 0.15) is 30.0 Å². The highest BCUT2D eigenvalue weighted by atomic mass is 35.5. The van der Waals surface area contributed by atoms with Crippen molar-refractivity contribution in [2.24, 2.45) is 5.10 Å². The molecule has 0 saturated carbocycles. The summed E-state index contributed by atoms with van der Waals surface area (Å²) < 4.78 is 14.3. The maximum Gasteiger partial charge on any atom is 0.341 e. The van der Waals surface area contributed by atoms with E-state index in [1.165, 1.54) is 17.1 Å². The van der Waals surface area contributed by atoms with Gasteiger partial charge in [0.1, 0.15) is 5.82 Å². The number of halogens is 2. The number of amides is 2. The number of carbonyl (C=O) groups is 1. The van der Waals surface area contributed by atoms with Crippen molar-refractivity contribution in [3.05, 3.63) is 70.5 Å². The second-order valence-electron chi connectivity index (χ2n) is 6.27. The molecule has 2 aromatic rings. The van der Waals surface area contributed by atoms with E-state index >= 15 is 0 Å². The third-order valence-electron chi connectivity index (χ3n) is 4.66. The molecule has 0 radical (unpaired) electrons. The summed E-state index contributed by atoms with van der Waals surface area (Å²) in [5.41, 5.74) is 1.88. The quantitative estimate of drug-likeness (QED) is 0.781. The predicted octanol–water partition coefficient (Wildman–Crippen LogP) is 4.46. The van der Waals surface area contributed by atoms with E-state index in [4.69, 9.17) is 11.6 Å². The lowest BCUT2D eigenvalue weighted by Crippen LogP contribution is -2.48. The molecule has 4 rings (SSSR count). The van der Waals surface area contributed by atoms with Crippen molar-refractivity contribution in [1.82, 2.24) is 9.91 Å². The maximum absolute atomic E-state index is 14.3. The van der Waals surface area contributed by atoms with Crippen LogP contribution in [0.2, 0.25) is 5.02 Å². The van der Waals surface area contributed by atoms with Gasteiger partial charge >= 0.3 is 6.03 Å². The Bertz CT molecular complexity index is 836. The van der Waals surface area contributed by atoms with Gasteiger partial charge in [-0.2, -0.15) is 5.10 Å². The first kappa shape index (κ1) is 16.1. The molecule has 2 aromatic carbocycles. The normalized spacial score (nSPS) is 19.6. The molecule has 1 saturated heterocycles. The predicted molar refractivity (Wildman–Crippen MR) is 95.2 cm³/mol. The van der Waals surface area contributed by atoms with Crippen LogP contribution in [0.5, 0.6) is 0 Å². The van der Waals surface area contributed by atoms with Crippen molar-refractivity contribution < 1.29 is 9.18 Å². The first-order valence-corrected chi connectivity index (χ1v) is 8.67. The number of hydrazone groups is 1. The average molecular weight is 358 g/mol. The molecule has 0 aromatic heterocycles. The number of hydrogen-bond donors (Lipinski definition) is 0. The second kappa shape index (κ2) is 6.48. The molecule has 2 heterocycles. The highest BCUT2D eigenvalue weighted by Gasteiger charge is 2.37. The van der Waals surface area contributed by atoms with E-state index in [0.717, 1.165) is 25.1 Å². The van der Waals surface area contributed by atoms with Crippen molar-refractivity contribution in [2.75, 3.05) is 13.1 Å². The Morgan fingerprint density at radius 2 is 1.92 bits per heavy atom. The smallest absolute Gasteiger partial charge is 0.323 e. The molecule has 0 aliphatic carbocycles. The highest BCUT2D eigenvalue weighted by Crippen LogP contribution is 2.35. The molecular weight excluding hydrogens is 341 g/mol. The van der Waals surface area contributed by atoms with Crippen molar-refractivity contribution in [2.45, 2.75) is 18.9 Å². The largest absolute Gasteiger partial charge is 0.341 e. The Labute approximate surface area is 150 Å². The molecule has 1 unspecified atom stereocenters. The van der Waals surface area contributed by atoms with Crippen LogP contribution >= 0.6 is 11.6 Å². The molecule has 4 nitrogen and oxygen atoms in total. The van der Waals surface area contributed by atoms with Gasteiger partial charge in [-0.25, -0.2) is 14.2 Å². The second-order valence-corrected chi connectivity index (χ2v) is 6.71. The van der Waals surface area contributed by atoms with Crippen LogP contribution in [-0.4, -0.2) is 34.7 Å². The minimum Gasteiger partial charge on any atom is -0.323 e. The first-order chi connectivity index (χ1) is 12.1. The molecule has 2 aliphatic rings. The fraction of sp³-hybridized carbons (Fsp3) is 0.263. The third-order valence-corrected chi connectivity index (χ3v) is 4.89. The SMILES string of the molecule is O=C(N1CCC1)N1N=C(c2cc(Cl)ccc2F)CC1c1ccccc1. The van der Waals surface area contributed by atoms with E-state index in [2.05, 4.69) is 5.10 Å². The molecule has 2 amide bonds. The van der Waals surface area contributed by atoms with E-state index in [-0.39, 0.29) is 17.9 Å². The lowest BCUT2D eigenvalue weighted by atomic mass is 9.98. The zero-order valence-corrected chi connectivity index (χ0v) is 14.3. The summed E-state index contributed by atoms with van der Waals surface area (Å²) in [5, 5.41) is 6.42. The van der Waals surface area contributed by atoms with Crippen LogP contribution in [0.4, 0.5) is 9.18 Å². The maximum atomic E-state index is 14.3. The molecule has 0 bridgehead atoms. The zero-order valence-electron chi connectivity index (χ0n) is 13.5. The van der Waals surface area contributed by atoms with E-state index in [1.807, 2.05) is 30.3 Å². The topological polar surface area (TPSA) is 35.9 Å². The van der Waals surface area contributed by atoms with Gasteiger partial charge in [0.05, 0.1) is 11.8 Å². The van der Waals surface area contributed by atoms with Gasteiger partial charge in [-0.05, 0) is 30.2 Å². The van der Waals surface area contributed by atoms with Gasteiger partial charge in [-0.3, -0.25) is 0 Å². The van der Waals surface area contributed by atoms with Crippen LogP contribution in [0.25, 0.3) is 0 Å². The molecule has 6 heteroatoms. The van der Waals surface area contributed by atoms with Crippen LogP contribution in [-0.2, 0) is 0 Å². The zero-order chi connectivity index (χ0) is 17.4. The average Bonchev–Trinajstić information content (AvgIpc) is 3.01. The molecule has 1 atom stereocenters. The Kier molecular flexibility index (Phi) is 4.17. The van der Waals surface area contributed by atoms with Crippen molar-refractivity contribution in [1.29, 1.82) is 0 Å². The summed E-state index contributed by atoms with van der Waals surface area (Å²) >= 11 is 6.02. The molecule has 0 N–H and O–H groups in total. The van der Waals surface area contributed by atoms with Gasteiger partial charge in [-0.1, -0.05) is 41.9 Å². The Balaban J connectivity index is 1.71. The van der Waals surface area contributed by atoms with Crippen molar-refractivity contribution in [3.8, 4) is 0 Å². The summed E-state index contributed by atoms with van der Waals surface area (Å²) in [5.74, 6) is -0.381. The number of benzene rings is 2. The number of likely N-dealkylation sites (tertiary alicyclic amines) is 1. The standard InChI is InChI=1S/C19H17ClFN3O/c20-14-7-8-16(21)15(11-14)17-12-18(13-5-2-1-3-6-13)24(22-17)19(25)23-9-4-10-23/h1-3,5-8,11,18H,4,9-10,12H2. The Morgan fingerprint density at radius 1 is 1.16 bits per heavy atom. The molecular formula is C19H17ClFN3O. The highest BCUT2D eigenvalue weighted by molar-refractivity contribution is 6.31. The summed E-state index contributed by atoms with van der Waals surface area (Å²) in [6, 6.07) is 13.8. The van der Waals surface area contributed by atoms with Gasteiger partial charge in [0.25, 0.3) is 0 Å². The number of hydrogen-bond acceptors (Lipinski definition) is 2. The fourth-order valence-electron chi connectivity index (χ4n) is 3.16. The third kappa shape index (κ3) is 3.00. The molecule has 2 aliphatic heterocycles. The first-order valence-electron chi connectivity index (χ1n) is 8.29. The lowest BCUT2D eigenvalue weighted by molar-refractivity contribution is 0.117. The van der Waals surface area contributed by atoms with Crippen LogP contribution in [0.3, 0.4) is 0 Å². The summed E-state index contributed by atoms with van der Waals surface area (Å²) in [7, 11) is 0. The number of nitrogens with zero attached hydrogens (tertiary/aromatic N) is 3. The monoisotopic (exact) mass is 357 g/mol. The van der Waals surface area contributed by atoms with Crippen LogP contribution in [0, 0.1) is 5.82 Å². The van der Waals surface area contributed by atoms with Gasteiger partial charge < -0.3 is 4.90 Å². The van der Waals surface area contributed by atoms with Gasteiger partial charge in [0.15, 0.2) is 0 Å². The minimum atomic E-state index is -0.381. The fourth-order valence-corrected chi connectivity index (χ4v) is 3.33. The summed E-state index contributed by atoms with van der Waals surface area (Å²) in [6.45, 7) is 1.49. The van der Waals surface area contributed by atoms with Gasteiger partial charge in [0.2, 0.25) is 0 Å². The van der Waals surface area contributed by atoms with Gasteiger partial charge in [0, 0.05) is 30.1 Å². The van der Waals surface area contributed by atoms with E-state index < -0.39 is 0 Å². The number of rotatable bonds is 2. The van der Waals surface area contributed by atoms with Crippen molar-refractivity contribution in [3.63, 3.8) is 0 Å². The van der Waals surface area contributed by atoms with Gasteiger partial charge in [-0.15, -0.1) is 0 Å². The van der Waals surface area contributed by atoms with Crippen LogP contribution < -0.4 is 0 Å². The van der Waals surface area contributed by atoms with E-state index in [1.54, 1.807) is 11.0 Å². The Morgan fingerprint density at radius 3 is 2.60 bits per heavy atom.